The van der Waals surface area contributed by atoms with Gasteiger partial charge in [-0.25, -0.2) is 0 Å². The topological polar surface area (TPSA) is 75.9 Å². The zero-order valence-electron chi connectivity index (χ0n) is 14.9. The van der Waals surface area contributed by atoms with Crippen molar-refractivity contribution in [3.8, 4) is 5.75 Å². The van der Waals surface area contributed by atoms with Crippen LogP contribution in [0.5, 0.6) is 5.75 Å². The normalized spacial score (nSPS) is 14.8. The van der Waals surface area contributed by atoms with Crippen LogP contribution in [0.2, 0.25) is 0 Å². The summed E-state index contributed by atoms with van der Waals surface area (Å²) < 4.78 is 6.18. The summed E-state index contributed by atoms with van der Waals surface area (Å²) >= 11 is 3.50. The van der Waals surface area contributed by atoms with E-state index in [2.05, 4.69) is 20.8 Å². The van der Waals surface area contributed by atoms with E-state index in [1.807, 2.05) is 18.2 Å². The van der Waals surface area contributed by atoms with E-state index in [9.17, 15) is 14.9 Å². The van der Waals surface area contributed by atoms with E-state index < -0.39 is 4.92 Å². The van der Waals surface area contributed by atoms with E-state index >= 15 is 0 Å². The fourth-order valence-electron chi connectivity index (χ4n) is 3.08. The first-order valence-electron chi connectivity index (χ1n) is 8.56. The van der Waals surface area contributed by atoms with Crippen LogP contribution < -0.4 is 4.74 Å². The summed E-state index contributed by atoms with van der Waals surface area (Å²) in [5.41, 5.74) is 1.65. The Balaban J connectivity index is 1.56. The van der Waals surface area contributed by atoms with Crippen molar-refractivity contribution in [1.29, 1.82) is 0 Å². The first-order valence-corrected chi connectivity index (χ1v) is 9.35. The summed E-state index contributed by atoms with van der Waals surface area (Å²) in [6, 6.07) is 11.8. The van der Waals surface area contributed by atoms with Gasteiger partial charge in [0.1, 0.15) is 5.75 Å². The summed E-state index contributed by atoms with van der Waals surface area (Å²) in [6.45, 7) is 3.63. The van der Waals surface area contributed by atoms with Gasteiger partial charge in [-0.1, -0.05) is 6.07 Å². The maximum atomic E-state index is 12.6. The third-order valence-corrected chi connectivity index (χ3v) is 5.23. The van der Waals surface area contributed by atoms with Crippen molar-refractivity contribution in [3.05, 3.63) is 68.2 Å². The molecule has 0 aliphatic carbocycles. The number of amides is 1. The molecule has 1 saturated heterocycles. The van der Waals surface area contributed by atoms with Crippen molar-refractivity contribution in [2.24, 2.45) is 0 Å². The molecule has 8 heteroatoms. The molecule has 7 nitrogen and oxygen atoms in total. The zero-order valence-corrected chi connectivity index (χ0v) is 16.5. The molecule has 0 bridgehead atoms. The van der Waals surface area contributed by atoms with Crippen LogP contribution in [-0.4, -0.2) is 53.9 Å². The Morgan fingerprint density at radius 1 is 1.15 bits per heavy atom. The maximum absolute atomic E-state index is 12.6. The van der Waals surface area contributed by atoms with Crippen molar-refractivity contribution < 1.29 is 14.5 Å². The fraction of sp³-hybridized carbons (Fsp3) is 0.316. The molecule has 1 amide bonds. The molecular formula is C19H20BrN3O4. The number of nitrogens with zero attached hydrogens (tertiary/aromatic N) is 3. The summed E-state index contributed by atoms with van der Waals surface area (Å²) in [5.74, 6) is 0.717. The lowest BCUT2D eigenvalue weighted by Crippen LogP contribution is -2.48. The first kappa shape index (κ1) is 19.3. The second-order valence-corrected chi connectivity index (χ2v) is 7.20. The highest BCUT2D eigenvalue weighted by molar-refractivity contribution is 9.10. The Morgan fingerprint density at radius 3 is 2.37 bits per heavy atom. The third-order valence-electron chi connectivity index (χ3n) is 4.61. The number of benzene rings is 2. The average molecular weight is 434 g/mol. The minimum absolute atomic E-state index is 0.0120. The lowest BCUT2D eigenvalue weighted by atomic mass is 10.1. The number of ether oxygens (including phenoxy) is 1. The molecule has 1 aliphatic rings. The van der Waals surface area contributed by atoms with Crippen LogP contribution in [0, 0.1) is 10.1 Å². The lowest BCUT2D eigenvalue weighted by molar-refractivity contribution is -0.384. The minimum Gasteiger partial charge on any atom is -0.496 e. The molecular weight excluding hydrogens is 414 g/mol. The molecule has 1 heterocycles. The number of non-ortho nitro benzene ring substituents is 1. The van der Waals surface area contributed by atoms with E-state index in [1.54, 1.807) is 12.0 Å². The van der Waals surface area contributed by atoms with Gasteiger partial charge >= 0.3 is 0 Å². The highest BCUT2D eigenvalue weighted by Gasteiger charge is 2.22. The number of methoxy groups -OCH3 is 1. The molecule has 2 aromatic rings. The quantitative estimate of drug-likeness (QED) is 0.533. The number of carbonyl (C=O) groups excluding carboxylic acids is 1. The van der Waals surface area contributed by atoms with Gasteiger partial charge in [-0.05, 0) is 45.8 Å². The maximum Gasteiger partial charge on any atom is 0.269 e. The van der Waals surface area contributed by atoms with Crippen LogP contribution in [-0.2, 0) is 6.54 Å². The molecule has 27 heavy (non-hydrogen) atoms. The summed E-state index contributed by atoms with van der Waals surface area (Å²) in [7, 11) is 1.64. The van der Waals surface area contributed by atoms with Gasteiger partial charge in [0.2, 0.25) is 0 Å². The van der Waals surface area contributed by atoms with Crippen molar-refractivity contribution in [2.75, 3.05) is 33.3 Å². The van der Waals surface area contributed by atoms with E-state index in [4.69, 9.17) is 4.74 Å². The number of halogens is 1. The molecule has 0 spiro atoms. The van der Waals surface area contributed by atoms with Gasteiger partial charge in [-0.15, -0.1) is 0 Å². The highest BCUT2D eigenvalue weighted by atomic mass is 79.9. The summed E-state index contributed by atoms with van der Waals surface area (Å²) in [5, 5.41) is 10.7. The molecule has 2 aromatic carbocycles. The molecule has 0 saturated carbocycles. The first-order chi connectivity index (χ1) is 13.0. The van der Waals surface area contributed by atoms with E-state index in [0.29, 0.717) is 18.7 Å². The van der Waals surface area contributed by atoms with Gasteiger partial charge in [-0.3, -0.25) is 19.8 Å². The molecule has 3 rings (SSSR count). The summed E-state index contributed by atoms with van der Waals surface area (Å²) in [6.07, 6.45) is 0. The molecule has 0 N–H and O–H groups in total. The molecule has 142 valence electrons. The number of rotatable bonds is 5. The standard InChI is InChI=1S/C19H20BrN3O4/c1-27-18-7-2-14(12-17(18)20)13-21-8-10-22(11-9-21)19(24)15-3-5-16(6-4-15)23(25)26/h2-7,12H,8-11,13H2,1H3. The van der Waals surface area contributed by atoms with Crippen molar-refractivity contribution in [3.63, 3.8) is 0 Å². The molecule has 0 unspecified atom stereocenters. The Hall–Kier alpha value is -2.45. The van der Waals surface area contributed by atoms with Gasteiger partial charge in [0.05, 0.1) is 16.5 Å². The molecule has 1 fully saturated rings. The van der Waals surface area contributed by atoms with Crippen LogP contribution in [0.25, 0.3) is 0 Å². The van der Waals surface area contributed by atoms with E-state index in [0.717, 1.165) is 29.9 Å². The Labute approximate surface area is 165 Å². The predicted octanol–water partition coefficient (Wildman–Crippen LogP) is 3.32. The zero-order chi connectivity index (χ0) is 19.4. The Kier molecular flexibility index (Phi) is 6.08. The third kappa shape index (κ3) is 4.64. The minimum atomic E-state index is -0.468. The highest BCUT2D eigenvalue weighted by Crippen LogP contribution is 2.26. The van der Waals surface area contributed by atoms with Crippen LogP contribution in [0.15, 0.2) is 46.9 Å². The van der Waals surface area contributed by atoms with Crippen molar-refractivity contribution in [2.45, 2.75) is 6.54 Å². The predicted molar refractivity (Wildman–Crippen MR) is 105 cm³/mol. The van der Waals surface area contributed by atoms with Gasteiger partial charge < -0.3 is 9.64 Å². The second-order valence-electron chi connectivity index (χ2n) is 6.34. The van der Waals surface area contributed by atoms with Gasteiger partial charge in [-0.2, -0.15) is 0 Å². The number of hydrogen-bond donors (Lipinski definition) is 0. The number of carbonyl (C=O) groups is 1. The molecule has 0 aromatic heterocycles. The lowest BCUT2D eigenvalue weighted by Gasteiger charge is -2.34. The Morgan fingerprint density at radius 2 is 1.81 bits per heavy atom. The van der Waals surface area contributed by atoms with E-state index in [-0.39, 0.29) is 11.6 Å². The van der Waals surface area contributed by atoms with Crippen LogP contribution in [0.4, 0.5) is 5.69 Å². The SMILES string of the molecule is COc1ccc(CN2CCN(C(=O)c3ccc([N+](=O)[O-])cc3)CC2)cc1Br. The van der Waals surface area contributed by atoms with Crippen molar-refractivity contribution >= 4 is 27.5 Å². The van der Waals surface area contributed by atoms with Gasteiger partial charge in [0.25, 0.3) is 11.6 Å². The molecule has 0 radical (unpaired) electrons. The number of nitro groups is 1. The van der Waals surface area contributed by atoms with Gasteiger partial charge in [0, 0.05) is 50.4 Å². The van der Waals surface area contributed by atoms with Crippen molar-refractivity contribution in [1.82, 2.24) is 9.80 Å². The largest absolute Gasteiger partial charge is 0.496 e. The average Bonchev–Trinajstić information content (AvgIpc) is 2.68. The molecule has 0 atom stereocenters. The van der Waals surface area contributed by atoms with Gasteiger partial charge in [0.15, 0.2) is 0 Å². The number of nitro benzene ring substituents is 1. The van der Waals surface area contributed by atoms with Crippen LogP contribution in [0.3, 0.4) is 0 Å². The van der Waals surface area contributed by atoms with E-state index in [1.165, 1.54) is 29.8 Å². The number of piperazine rings is 1. The number of hydrogen-bond acceptors (Lipinski definition) is 5. The smallest absolute Gasteiger partial charge is 0.269 e. The summed E-state index contributed by atoms with van der Waals surface area (Å²) in [4.78, 5) is 26.9. The van der Waals surface area contributed by atoms with Crippen LogP contribution >= 0.6 is 15.9 Å². The molecule has 1 aliphatic heterocycles. The monoisotopic (exact) mass is 433 g/mol. The fourth-order valence-corrected chi connectivity index (χ4v) is 3.67. The van der Waals surface area contributed by atoms with Crippen LogP contribution in [0.1, 0.15) is 15.9 Å². The second kappa shape index (κ2) is 8.49. The Bertz CT molecular complexity index is 833.